The predicted octanol–water partition coefficient (Wildman–Crippen LogP) is 4.91. The Kier molecular flexibility index (Phi) is 5.41. The Morgan fingerprint density at radius 1 is 1.15 bits per heavy atom. The molecule has 4 rings (SSSR count). The third-order valence-electron chi connectivity index (χ3n) is 4.64. The van der Waals surface area contributed by atoms with Crippen molar-refractivity contribution in [3.63, 3.8) is 0 Å². The van der Waals surface area contributed by atoms with E-state index in [1.165, 1.54) is 11.1 Å². The van der Waals surface area contributed by atoms with Crippen LogP contribution in [0.15, 0.2) is 69.4 Å². The minimum Gasteiger partial charge on any atom is -0.268 e. The molecule has 2 heterocycles. The summed E-state index contributed by atoms with van der Waals surface area (Å²) in [6, 6.07) is 18.6. The van der Waals surface area contributed by atoms with Gasteiger partial charge >= 0.3 is 0 Å². The Morgan fingerprint density at radius 3 is 2.63 bits per heavy atom. The highest BCUT2D eigenvalue weighted by Gasteiger charge is 2.26. The van der Waals surface area contributed by atoms with Gasteiger partial charge in [-0.2, -0.15) is 0 Å². The first-order valence-corrected chi connectivity index (χ1v) is 11.0. The Labute approximate surface area is 168 Å². The number of hydrogen-bond donors (Lipinski definition) is 0. The van der Waals surface area contributed by atoms with Crippen molar-refractivity contribution in [1.29, 1.82) is 0 Å². The topological polar surface area (TPSA) is 34.9 Å². The largest absolute Gasteiger partial charge is 0.272 e. The van der Waals surface area contributed by atoms with Crippen molar-refractivity contribution in [3.05, 3.63) is 81.8 Å². The molecule has 1 aliphatic heterocycles. The molecule has 0 radical (unpaired) electrons. The van der Waals surface area contributed by atoms with Crippen LogP contribution in [0.2, 0.25) is 0 Å². The number of aromatic nitrogens is 2. The van der Waals surface area contributed by atoms with E-state index in [2.05, 4.69) is 38.1 Å². The molecule has 3 aromatic rings. The van der Waals surface area contributed by atoms with Gasteiger partial charge in [-0.05, 0) is 31.0 Å². The Morgan fingerprint density at radius 2 is 1.89 bits per heavy atom. The predicted molar refractivity (Wildman–Crippen MR) is 114 cm³/mol. The number of fused-ring (bicyclic) bond motifs is 1. The maximum absolute atomic E-state index is 13.2. The highest BCUT2D eigenvalue weighted by Crippen LogP contribution is 2.35. The van der Waals surface area contributed by atoms with Crippen LogP contribution in [0.5, 0.6) is 0 Å². The van der Waals surface area contributed by atoms with Crippen LogP contribution >= 0.6 is 23.5 Å². The van der Waals surface area contributed by atoms with Crippen molar-refractivity contribution < 1.29 is 0 Å². The summed E-state index contributed by atoms with van der Waals surface area (Å²) in [6.07, 6.45) is 1.83. The van der Waals surface area contributed by atoms with E-state index in [1.54, 1.807) is 28.1 Å². The van der Waals surface area contributed by atoms with Crippen LogP contribution in [0.1, 0.15) is 23.7 Å². The molecule has 3 nitrogen and oxygen atoms in total. The Bertz CT molecular complexity index is 997. The van der Waals surface area contributed by atoms with E-state index >= 15 is 0 Å². The standard InChI is InChI=1S/C22H22N2OS2/c1-15-8-10-18(11-9-15)24-21(25)20-19(14-16(2)27-20)23-22(24)26-13-12-17-6-4-3-5-7-17/h3-11,16H,12-14H2,1-2H3/t16-/m1/s1. The van der Waals surface area contributed by atoms with E-state index in [0.717, 1.165) is 40.0 Å². The van der Waals surface area contributed by atoms with Gasteiger partial charge in [-0.3, -0.25) is 9.36 Å². The van der Waals surface area contributed by atoms with Gasteiger partial charge in [0.1, 0.15) is 0 Å². The zero-order chi connectivity index (χ0) is 18.8. The lowest BCUT2D eigenvalue weighted by Gasteiger charge is -2.14. The monoisotopic (exact) mass is 394 g/mol. The molecule has 0 amide bonds. The molecule has 27 heavy (non-hydrogen) atoms. The summed E-state index contributed by atoms with van der Waals surface area (Å²) in [5, 5.41) is 1.21. The zero-order valence-electron chi connectivity index (χ0n) is 15.5. The molecule has 5 heteroatoms. The average Bonchev–Trinajstić information content (AvgIpc) is 3.05. The number of hydrogen-bond acceptors (Lipinski definition) is 4. The fourth-order valence-electron chi connectivity index (χ4n) is 3.22. The molecule has 1 aromatic heterocycles. The fraction of sp³-hybridized carbons (Fsp3) is 0.273. The summed E-state index contributed by atoms with van der Waals surface area (Å²) >= 11 is 3.32. The van der Waals surface area contributed by atoms with Gasteiger partial charge in [0.05, 0.1) is 16.3 Å². The third kappa shape index (κ3) is 3.99. The van der Waals surface area contributed by atoms with E-state index in [0.29, 0.717) is 5.25 Å². The Balaban J connectivity index is 1.68. The maximum Gasteiger partial charge on any atom is 0.272 e. The van der Waals surface area contributed by atoms with E-state index in [4.69, 9.17) is 4.98 Å². The molecule has 0 aliphatic carbocycles. The van der Waals surface area contributed by atoms with Crippen molar-refractivity contribution in [2.24, 2.45) is 0 Å². The number of rotatable bonds is 5. The summed E-state index contributed by atoms with van der Waals surface area (Å²) < 4.78 is 1.79. The SMILES string of the molecule is Cc1ccc(-n2c(SCCc3ccccc3)nc3c(c2=O)S[C@H](C)C3)cc1. The molecule has 2 aromatic carbocycles. The Hall–Kier alpha value is -1.98. The molecule has 0 N–H and O–H groups in total. The molecule has 0 saturated heterocycles. The number of nitrogens with zero attached hydrogens (tertiary/aromatic N) is 2. The quantitative estimate of drug-likeness (QED) is 0.455. The van der Waals surface area contributed by atoms with Crippen molar-refractivity contribution in [2.75, 3.05) is 5.75 Å². The molecule has 0 spiro atoms. The molecule has 0 fully saturated rings. The van der Waals surface area contributed by atoms with Gasteiger partial charge in [-0.1, -0.05) is 66.7 Å². The third-order valence-corrected chi connectivity index (χ3v) is 6.79. The van der Waals surface area contributed by atoms with Crippen LogP contribution < -0.4 is 5.56 Å². The number of aryl methyl sites for hydroxylation is 2. The molecule has 138 valence electrons. The molecule has 1 aliphatic rings. The van der Waals surface area contributed by atoms with Crippen LogP contribution in [0.25, 0.3) is 5.69 Å². The van der Waals surface area contributed by atoms with Crippen molar-refractivity contribution in [3.8, 4) is 5.69 Å². The summed E-state index contributed by atoms with van der Waals surface area (Å²) in [5.74, 6) is 0.893. The second kappa shape index (κ2) is 7.95. The minimum atomic E-state index is 0.0698. The molecule has 0 unspecified atom stereocenters. The van der Waals surface area contributed by atoms with Gasteiger partial charge < -0.3 is 0 Å². The summed E-state index contributed by atoms with van der Waals surface area (Å²) in [7, 11) is 0. The lowest BCUT2D eigenvalue weighted by atomic mass is 10.2. The summed E-state index contributed by atoms with van der Waals surface area (Å²) in [5.41, 5.74) is 4.41. The second-order valence-corrected chi connectivity index (χ2v) is 9.37. The van der Waals surface area contributed by atoms with Gasteiger partial charge in [0.25, 0.3) is 5.56 Å². The molecule has 0 saturated carbocycles. The second-order valence-electron chi connectivity index (χ2n) is 6.86. The first-order chi connectivity index (χ1) is 13.1. The molecule has 0 bridgehead atoms. The smallest absolute Gasteiger partial charge is 0.268 e. The lowest BCUT2D eigenvalue weighted by Crippen LogP contribution is -2.24. The van der Waals surface area contributed by atoms with Gasteiger partial charge in [0.2, 0.25) is 0 Å². The summed E-state index contributed by atoms with van der Waals surface area (Å²) in [4.78, 5) is 18.9. The molecular weight excluding hydrogens is 372 g/mol. The van der Waals surface area contributed by atoms with Crippen LogP contribution in [0.3, 0.4) is 0 Å². The number of thioether (sulfide) groups is 2. The summed E-state index contributed by atoms with van der Waals surface area (Å²) in [6.45, 7) is 4.21. The number of benzene rings is 2. The van der Waals surface area contributed by atoms with E-state index in [-0.39, 0.29) is 5.56 Å². The van der Waals surface area contributed by atoms with Crippen LogP contribution in [0, 0.1) is 6.92 Å². The zero-order valence-corrected chi connectivity index (χ0v) is 17.1. The van der Waals surface area contributed by atoms with Gasteiger partial charge in [0.15, 0.2) is 5.16 Å². The van der Waals surface area contributed by atoms with Crippen LogP contribution in [-0.4, -0.2) is 20.6 Å². The van der Waals surface area contributed by atoms with Crippen molar-refractivity contribution >= 4 is 23.5 Å². The molecule has 1 atom stereocenters. The van der Waals surface area contributed by atoms with E-state index < -0.39 is 0 Å². The maximum atomic E-state index is 13.2. The first-order valence-electron chi connectivity index (χ1n) is 9.18. The van der Waals surface area contributed by atoms with Gasteiger partial charge in [-0.25, -0.2) is 4.98 Å². The van der Waals surface area contributed by atoms with E-state index in [1.807, 2.05) is 30.3 Å². The van der Waals surface area contributed by atoms with Gasteiger partial charge in [-0.15, -0.1) is 11.8 Å². The highest BCUT2D eigenvalue weighted by atomic mass is 32.2. The van der Waals surface area contributed by atoms with E-state index in [9.17, 15) is 4.79 Å². The molecular formula is C22H22N2OS2. The minimum absolute atomic E-state index is 0.0698. The average molecular weight is 395 g/mol. The first kappa shape index (κ1) is 18.4. The van der Waals surface area contributed by atoms with Crippen LogP contribution in [-0.2, 0) is 12.8 Å². The van der Waals surface area contributed by atoms with Gasteiger partial charge in [0, 0.05) is 17.4 Å². The fourth-order valence-corrected chi connectivity index (χ4v) is 5.34. The van der Waals surface area contributed by atoms with Crippen molar-refractivity contribution in [2.45, 2.75) is 42.0 Å². The highest BCUT2D eigenvalue weighted by molar-refractivity contribution is 8.00. The van der Waals surface area contributed by atoms with Crippen LogP contribution in [0.4, 0.5) is 0 Å². The normalized spacial score (nSPS) is 15.7. The van der Waals surface area contributed by atoms with Crippen molar-refractivity contribution in [1.82, 2.24) is 9.55 Å². The lowest BCUT2D eigenvalue weighted by molar-refractivity contribution is 0.730.